The number of benzene rings is 2. The summed E-state index contributed by atoms with van der Waals surface area (Å²) in [7, 11) is 6.81. The fourth-order valence-corrected chi connectivity index (χ4v) is 7.51. The number of unbranched alkanes of at least 4 members (excludes halogenated alkanes) is 1. The van der Waals surface area contributed by atoms with E-state index in [9.17, 15) is 0 Å². The second-order valence-corrected chi connectivity index (χ2v) is 14.7. The molecular weight excluding hydrogens is 546 g/mol. The second kappa shape index (κ2) is 14.0. The Labute approximate surface area is 273 Å². The molecule has 3 heteroatoms. The Hall–Kier alpha value is -3.30. The predicted molar refractivity (Wildman–Crippen MR) is 195 cm³/mol. The molecule has 0 spiro atoms. The van der Waals surface area contributed by atoms with Crippen LogP contribution in [0.5, 0.6) is 0 Å². The zero-order chi connectivity index (χ0) is 31.4. The zero-order valence-electron chi connectivity index (χ0n) is 28.7. The van der Waals surface area contributed by atoms with Crippen LogP contribution in [0.2, 0.25) is 0 Å². The van der Waals surface area contributed by atoms with Gasteiger partial charge in [-0.2, -0.15) is 0 Å². The van der Waals surface area contributed by atoms with Gasteiger partial charge in [0.2, 0.25) is 0 Å². The van der Waals surface area contributed by atoms with Crippen molar-refractivity contribution in [2.24, 2.45) is 5.92 Å². The highest BCUT2D eigenvalue weighted by atomic mass is 15.3. The molecule has 2 aromatic rings. The van der Waals surface area contributed by atoms with Gasteiger partial charge in [-0.1, -0.05) is 75.2 Å². The predicted octanol–water partition coefficient (Wildman–Crippen LogP) is 10.2. The van der Waals surface area contributed by atoms with Crippen LogP contribution in [0, 0.1) is 5.92 Å². The van der Waals surface area contributed by atoms with Crippen molar-refractivity contribution in [3.05, 3.63) is 112 Å². The molecule has 1 unspecified atom stereocenters. The minimum atomic E-state index is 0.550. The number of rotatable bonds is 12. The van der Waals surface area contributed by atoms with E-state index in [1.54, 1.807) is 22.4 Å². The van der Waals surface area contributed by atoms with Crippen molar-refractivity contribution in [2.45, 2.75) is 84.5 Å². The van der Waals surface area contributed by atoms with Crippen molar-refractivity contribution in [3.8, 4) is 0 Å². The molecule has 2 aromatic carbocycles. The SMILES string of the molecule is CCCCN(C(CN1CC(C=C2C=C3CCCC3=CC2)C/C1=C\c1ccccc1CCC)=C1CC1)c1cccc([N+](C)(C)C)c1. The smallest absolute Gasteiger partial charge is 0.134 e. The minimum Gasteiger partial charge on any atom is -0.368 e. The maximum Gasteiger partial charge on any atom is 0.134 e. The van der Waals surface area contributed by atoms with Gasteiger partial charge < -0.3 is 9.80 Å². The molecule has 0 radical (unpaired) electrons. The Morgan fingerprint density at radius 1 is 0.956 bits per heavy atom. The summed E-state index contributed by atoms with van der Waals surface area (Å²) in [5, 5.41) is 0. The van der Waals surface area contributed by atoms with Gasteiger partial charge in [-0.25, -0.2) is 0 Å². The topological polar surface area (TPSA) is 6.48 Å². The number of hydrogen-bond donors (Lipinski definition) is 0. The molecule has 1 heterocycles. The molecule has 3 aliphatic carbocycles. The number of allylic oxidation sites excluding steroid dienone is 7. The summed E-state index contributed by atoms with van der Waals surface area (Å²) in [6.07, 6.45) is 23.6. The number of fused-ring (bicyclic) bond motifs is 1. The van der Waals surface area contributed by atoms with Crippen LogP contribution >= 0.6 is 0 Å². The zero-order valence-corrected chi connectivity index (χ0v) is 28.7. The normalized spacial score (nSPS) is 21.3. The summed E-state index contributed by atoms with van der Waals surface area (Å²) in [4.78, 5) is 5.44. The van der Waals surface area contributed by atoms with E-state index in [4.69, 9.17) is 0 Å². The van der Waals surface area contributed by atoms with Crippen LogP contribution in [0.15, 0.2) is 100 Å². The minimum absolute atomic E-state index is 0.550. The molecule has 3 nitrogen and oxygen atoms in total. The lowest BCUT2D eigenvalue weighted by Gasteiger charge is -2.33. The fraction of sp³-hybridized carbons (Fsp3) is 0.476. The van der Waals surface area contributed by atoms with Crippen LogP contribution in [-0.2, 0) is 6.42 Å². The summed E-state index contributed by atoms with van der Waals surface area (Å²) in [6, 6.07) is 18.4. The Morgan fingerprint density at radius 3 is 2.56 bits per heavy atom. The van der Waals surface area contributed by atoms with E-state index in [-0.39, 0.29) is 0 Å². The number of quaternary nitrogens is 1. The van der Waals surface area contributed by atoms with E-state index < -0.39 is 0 Å². The van der Waals surface area contributed by atoms with Gasteiger partial charge in [-0.05, 0) is 109 Å². The lowest BCUT2D eigenvalue weighted by atomic mass is 9.93. The summed E-state index contributed by atoms with van der Waals surface area (Å²) in [5.41, 5.74) is 15.1. The highest BCUT2D eigenvalue weighted by molar-refractivity contribution is 5.62. The molecule has 238 valence electrons. The van der Waals surface area contributed by atoms with Crippen LogP contribution in [-0.4, -0.2) is 45.7 Å². The monoisotopic (exact) mass is 602 g/mol. The molecule has 0 aromatic heterocycles. The molecular formula is C42H56N3+. The van der Waals surface area contributed by atoms with E-state index in [0.29, 0.717) is 5.92 Å². The first-order chi connectivity index (χ1) is 21.8. The van der Waals surface area contributed by atoms with Crippen molar-refractivity contribution in [1.29, 1.82) is 0 Å². The quantitative estimate of drug-likeness (QED) is 0.223. The van der Waals surface area contributed by atoms with Crippen molar-refractivity contribution in [3.63, 3.8) is 0 Å². The lowest BCUT2D eigenvalue weighted by Crippen LogP contribution is -2.35. The largest absolute Gasteiger partial charge is 0.368 e. The maximum absolute atomic E-state index is 2.75. The van der Waals surface area contributed by atoms with Gasteiger partial charge in [0.25, 0.3) is 0 Å². The summed E-state index contributed by atoms with van der Waals surface area (Å²) >= 11 is 0. The number of aryl methyl sites for hydroxylation is 1. The molecule has 0 amide bonds. The molecule has 3 fully saturated rings. The molecule has 0 bridgehead atoms. The van der Waals surface area contributed by atoms with Gasteiger partial charge in [0, 0.05) is 42.2 Å². The van der Waals surface area contributed by atoms with Crippen LogP contribution in [0.4, 0.5) is 11.4 Å². The number of hydrogen-bond acceptors (Lipinski definition) is 2. The third kappa shape index (κ3) is 7.75. The van der Waals surface area contributed by atoms with E-state index in [0.717, 1.165) is 43.4 Å². The van der Waals surface area contributed by atoms with Crippen molar-refractivity contribution < 1.29 is 0 Å². The Kier molecular flexibility index (Phi) is 9.85. The van der Waals surface area contributed by atoms with Crippen LogP contribution < -0.4 is 9.38 Å². The first-order valence-corrected chi connectivity index (χ1v) is 17.9. The summed E-state index contributed by atoms with van der Waals surface area (Å²) < 4.78 is 0.834. The van der Waals surface area contributed by atoms with E-state index in [1.807, 2.05) is 0 Å². The van der Waals surface area contributed by atoms with E-state index in [2.05, 4.69) is 118 Å². The molecule has 1 atom stereocenters. The third-order valence-electron chi connectivity index (χ3n) is 10.2. The second-order valence-electron chi connectivity index (χ2n) is 14.7. The van der Waals surface area contributed by atoms with Gasteiger partial charge in [0.15, 0.2) is 0 Å². The average Bonchev–Trinajstić information content (AvgIpc) is 3.65. The molecule has 2 saturated carbocycles. The molecule has 45 heavy (non-hydrogen) atoms. The standard InChI is InChI=1S/C42H56N3/c1-6-8-24-44(39-18-12-19-41(29-39)45(3,4)5)42(36-22-23-36)31-43-30-33(25-32-20-21-35-16-11-17-37(35)26-32)27-40(43)28-38-15-10-9-14-34(38)13-7-2/h9-10,12,14-15,18-19,21,25-26,28-29,33H,6-8,11,13,16-17,20,22-24,27,30-31H2,1-5H3/q+1/b32-25?,40-28+. The van der Waals surface area contributed by atoms with Crippen molar-refractivity contribution in [2.75, 3.05) is 45.7 Å². The van der Waals surface area contributed by atoms with Gasteiger partial charge in [0.05, 0.1) is 27.7 Å². The van der Waals surface area contributed by atoms with Crippen molar-refractivity contribution in [1.82, 2.24) is 9.38 Å². The highest BCUT2D eigenvalue weighted by Gasteiger charge is 2.31. The summed E-state index contributed by atoms with van der Waals surface area (Å²) in [5.74, 6) is 0.550. The van der Waals surface area contributed by atoms with Crippen molar-refractivity contribution >= 4 is 17.5 Å². The van der Waals surface area contributed by atoms with Gasteiger partial charge in [-0.15, -0.1) is 0 Å². The average molecular weight is 603 g/mol. The van der Waals surface area contributed by atoms with Crippen LogP contribution in [0.1, 0.15) is 89.2 Å². The fourth-order valence-electron chi connectivity index (χ4n) is 7.51. The van der Waals surface area contributed by atoms with Gasteiger partial charge >= 0.3 is 0 Å². The van der Waals surface area contributed by atoms with Crippen LogP contribution in [0.3, 0.4) is 0 Å². The maximum atomic E-state index is 2.75. The van der Waals surface area contributed by atoms with Gasteiger partial charge in [-0.3, -0.25) is 4.48 Å². The van der Waals surface area contributed by atoms with Gasteiger partial charge in [0.1, 0.15) is 5.69 Å². The Balaban J connectivity index is 1.33. The molecule has 4 aliphatic rings. The van der Waals surface area contributed by atoms with E-state index in [1.165, 1.54) is 85.1 Å². The number of likely N-dealkylation sites (tertiary alicyclic amines) is 1. The number of nitrogens with zero attached hydrogens (tertiary/aromatic N) is 3. The lowest BCUT2D eigenvalue weighted by molar-refractivity contribution is 0.406. The molecule has 1 saturated heterocycles. The highest BCUT2D eigenvalue weighted by Crippen LogP contribution is 2.41. The Morgan fingerprint density at radius 2 is 1.78 bits per heavy atom. The summed E-state index contributed by atoms with van der Waals surface area (Å²) in [6.45, 7) is 7.80. The first kappa shape index (κ1) is 31.7. The first-order valence-electron chi connectivity index (χ1n) is 17.9. The molecule has 6 rings (SSSR count). The van der Waals surface area contributed by atoms with E-state index >= 15 is 0 Å². The molecule has 0 N–H and O–H groups in total. The number of anilines is 1. The Bertz CT molecular complexity index is 1520. The third-order valence-corrected chi connectivity index (χ3v) is 10.2. The molecule has 1 aliphatic heterocycles. The van der Waals surface area contributed by atoms with Crippen LogP contribution in [0.25, 0.3) is 6.08 Å².